The van der Waals surface area contributed by atoms with Gasteiger partial charge in [0.1, 0.15) is 6.10 Å². The molecule has 0 aromatic rings. The standard InChI is InChI=1S/C11H20N2O2/c1-2-13-5-3-9(4-6-13)7-10-8-12-11(14)15-10/h9-10H,2-8H2,1H3,(H,12,14). The first kappa shape index (κ1) is 10.7. The van der Waals surface area contributed by atoms with Crippen LogP contribution in [0.25, 0.3) is 0 Å². The number of carbonyl (C=O) groups is 1. The van der Waals surface area contributed by atoms with E-state index < -0.39 is 0 Å². The Labute approximate surface area is 91.0 Å². The molecule has 15 heavy (non-hydrogen) atoms. The number of alkyl carbamates (subject to hydrolysis) is 1. The molecule has 0 saturated carbocycles. The van der Waals surface area contributed by atoms with E-state index in [-0.39, 0.29) is 12.2 Å². The highest BCUT2D eigenvalue weighted by molar-refractivity contribution is 5.69. The number of nitrogens with one attached hydrogen (secondary N) is 1. The lowest BCUT2D eigenvalue weighted by Gasteiger charge is -2.31. The molecule has 1 amide bonds. The summed E-state index contributed by atoms with van der Waals surface area (Å²) in [6.07, 6.45) is 3.42. The summed E-state index contributed by atoms with van der Waals surface area (Å²) in [7, 11) is 0. The van der Waals surface area contributed by atoms with Crippen LogP contribution in [0.3, 0.4) is 0 Å². The van der Waals surface area contributed by atoms with Crippen molar-refractivity contribution >= 4 is 6.09 Å². The Bertz CT molecular complexity index is 225. The van der Waals surface area contributed by atoms with Crippen LogP contribution in [0, 0.1) is 5.92 Å². The lowest BCUT2D eigenvalue weighted by Crippen LogP contribution is -2.34. The number of cyclic esters (lactones) is 1. The molecule has 1 unspecified atom stereocenters. The molecular weight excluding hydrogens is 192 g/mol. The minimum Gasteiger partial charge on any atom is -0.444 e. The summed E-state index contributed by atoms with van der Waals surface area (Å²) in [6, 6.07) is 0. The van der Waals surface area contributed by atoms with Crippen molar-refractivity contribution in [1.29, 1.82) is 0 Å². The second kappa shape index (κ2) is 4.84. The Kier molecular flexibility index (Phi) is 3.46. The van der Waals surface area contributed by atoms with Gasteiger partial charge in [-0.05, 0) is 44.8 Å². The third-order valence-corrected chi connectivity index (χ3v) is 3.50. The number of piperidine rings is 1. The van der Waals surface area contributed by atoms with E-state index in [1.807, 2.05) is 0 Å². The van der Waals surface area contributed by atoms with Crippen LogP contribution in [-0.4, -0.2) is 43.3 Å². The SMILES string of the molecule is CCN1CCC(CC2CNC(=O)O2)CC1. The second-order valence-electron chi connectivity index (χ2n) is 4.52. The normalized spacial score (nSPS) is 28.9. The molecule has 0 radical (unpaired) electrons. The van der Waals surface area contributed by atoms with Gasteiger partial charge in [0.2, 0.25) is 0 Å². The van der Waals surface area contributed by atoms with Gasteiger partial charge in [0.15, 0.2) is 0 Å². The number of ether oxygens (including phenoxy) is 1. The predicted octanol–water partition coefficient (Wildman–Crippen LogP) is 1.22. The summed E-state index contributed by atoms with van der Waals surface area (Å²) in [4.78, 5) is 13.3. The lowest BCUT2D eigenvalue weighted by atomic mass is 9.91. The van der Waals surface area contributed by atoms with Gasteiger partial charge in [-0.1, -0.05) is 6.92 Å². The van der Waals surface area contributed by atoms with E-state index in [0.29, 0.717) is 6.54 Å². The lowest BCUT2D eigenvalue weighted by molar-refractivity contribution is 0.107. The highest BCUT2D eigenvalue weighted by Crippen LogP contribution is 2.23. The molecule has 2 rings (SSSR count). The zero-order valence-electron chi connectivity index (χ0n) is 9.37. The molecule has 4 nitrogen and oxygen atoms in total. The van der Waals surface area contributed by atoms with E-state index in [2.05, 4.69) is 17.1 Å². The fourth-order valence-electron chi connectivity index (χ4n) is 2.47. The summed E-state index contributed by atoms with van der Waals surface area (Å²) in [5, 5.41) is 2.71. The van der Waals surface area contributed by atoms with E-state index in [1.54, 1.807) is 0 Å². The maximum atomic E-state index is 10.9. The fourth-order valence-corrected chi connectivity index (χ4v) is 2.47. The highest BCUT2D eigenvalue weighted by atomic mass is 16.6. The number of rotatable bonds is 3. The van der Waals surface area contributed by atoms with Crippen molar-refractivity contribution in [3.63, 3.8) is 0 Å². The molecule has 2 aliphatic heterocycles. The summed E-state index contributed by atoms with van der Waals surface area (Å²) in [5.74, 6) is 0.741. The second-order valence-corrected chi connectivity index (χ2v) is 4.52. The Morgan fingerprint density at radius 3 is 2.73 bits per heavy atom. The summed E-state index contributed by atoms with van der Waals surface area (Å²) in [5.41, 5.74) is 0. The van der Waals surface area contributed by atoms with E-state index >= 15 is 0 Å². The number of hydrogen-bond donors (Lipinski definition) is 1. The van der Waals surface area contributed by atoms with Crippen LogP contribution in [0.2, 0.25) is 0 Å². The Morgan fingerprint density at radius 1 is 1.47 bits per heavy atom. The molecule has 0 aromatic heterocycles. The number of likely N-dealkylation sites (tertiary alicyclic amines) is 1. The quantitative estimate of drug-likeness (QED) is 0.764. The molecule has 0 bridgehead atoms. The molecule has 2 heterocycles. The number of nitrogens with zero attached hydrogens (tertiary/aromatic N) is 1. The first-order valence-corrected chi connectivity index (χ1v) is 5.94. The summed E-state index contributed by atoms with van der Waals surface area (Å²) in [6.45, 7) is 6.48. The zero-order valence-corrected chi connectivity index (χ0v) is 9.37. The topological polar surface area (TPSA) is 41.6 Å². The number of hydrogen-bond acceptors (Lipinski definition) is 3. The maximum Gasteiger partial charge on any atom is 0.407 e. The van der Waals surface area contributed by atoms with Crippen molar-refractivity contribution in [2.75, 3.05) is 26.2 Å². The Hall–Kier alpha value is -0.770. The summed E-state index contributed by atoms with van der Waals surface area (Å²) < 4.78 is 5.15. The van der Waals surface area contributed by atoms with Crippen LogP contribution >= 0.6 is 0 Å². The average Bonchev–Trinajstić information content (AvgIpc) is 2.65. The molecule has 0 aliphatic carbocycles. The fraction of sp³-hybridized carbons (Fsp3) is 0.909. The van der Waals surface area contributed by atoms with Gasteiger partial charge >= 0.3 is 6.09 Å². The first-order valence-electron chi connectivity index (χ1n) is 5.94. The van der Waals surface area contributed by atoms with E-state index in [1.165, 1.54) is 25.9 Å². The van der Waals surface area contributed by atoms with Crippen LogP contribution in [0.15, 0.2) is 0 Å². The van der Waals surface area contributed by atoms with E-state index in [0.717, 1.165) is 18.9 Å². The smallest absolute Gasteiger partial charge is 0.407 e. The largest absolute Gasteiger partial charge is 0.444 e. The maximum absolute atomic E-state index is 10.9. The molecule has 2 aliphatic rings. The molecule has 0 spiro atoms. The third kappa shape index (κ3) is 2.84. The third-order valence-electron chi connectivity index (χ3n) is 3.50. The van der Waals surface area contributed by atoms with Crippen molar-refractivity contribution in [3.05, 3.63) is 0 Å². The zero-order chi connectivity index (χ0) is 10.7. The van der Waals surface area contributed by atoms with Crippen LogP contribution in [-0.2, 0) is 4.74 Å². The molecule has 0 aromatic carbocycles. The Balaban J connectivity index is 1.70. The number of carbonyl (C=O) groups excluding carboxylic acids is 1. The van der Waals surface area contributed by atoms with Gasteiger partial charge in [-0.2, -0.15) is 0 Å². The molecule has 86 valence electrons. The van der Waals surface area contributed by atoms with Crippen molar-refractivity contribution in [3.8, 4) is 0 Å². The van der Waals surface area contributed by atoms with Gasteiger partial charge in [-0.15, -0.1) is 0 Å². The van der Waals surface area contributed by atoms with Crippen LogP contribution in [0.5, 0.6) is 0 Å². The Morgan fingerprint density at radius 2 is 2.20 bits per heavy atom. The van der Waals surface area contributed by atoms with Crippen molar-refractivity contribution in [1.82, 2.24) is 10.2 Å². The molecule has 1 N–H and O–H groups in total. The van der Waals surface area contributed by atoms with Gasteiger partial charge in [-0.25, -0.2) is 4.79 Å². The minimum atomic E-state index is -0.244. The minimum absolute atomic E-state index is 0.121. The van der Waals surface area contributed by atoms with E-state index in [9.17, 15) is 4.79 Å². The van der Waals surface area contributed by atoms with Crippen molar-refractivity contribution in [2.45, 2.75) is 32.3 Å². The first-order chi connectivity index (χ1) is 7.28. The van der Waals surface area contributed by atoms with Crippen LogP contribution < -0.4 is 5.32 Å². The number of amides is 1. The predicted molar refractivity (Wildman–Crippen MR) is 57.7 cm³/mol. The van der Waals surface area contributed by atoms with Gasteiger partial charge in [-0.3, -0.25) is 0 Å². The highest BCUT2D eigenvalue weighted by Gasteiger charge is 2.27. The molecule has 4 heteroatoms. The molecule has 1 atom stereocenters. The molecule has 2 fully saturated rings. The molecular formula is C11H20N2O2. The van der Waals surface area contributed by atoms with Crippen LogP contribution in [0.1, 0.15) is 26.2 Å². The van der Waals surface area contributed by atoms with Gasteiger partial charge in [0, 0.05) is 0 Å². The molecule has 2 saturated heterocycles. The van der Waals surface area contributed by atoms with E-state index in [4.69, 9.17) is 4.74 Å². The van der Waals surface area contributed by atoms with Gasteiger partial charge in [0.05, 0.1) is 6.54 Å². The van der Waals surface area contributed by atoms with Crippen molar-refractivity contribution < 1.29 is 9.53 Å². The summed E-state index contributed by atoms with van der Waals surface area (Å²) >= 11 is 0. The monoisotopic (exact) mass is 212 g/mol. The van der Waals surface area contributed by atoms with Crippen molar-refractivity contribution in [2.24, 2.45) is 5.92 Å². The van der Waals surface area contributed by atoms with Gasteiger partial charge in [0.25, 0.3) is 0 Å². The average molecular weight is 212 g/mol. The van der Waals surface area contributed by atoms with Crippen LogP contribution in [0.4, 0.5) is 4.79 Å². The van der Waals surface area contributed by atoms with Gasteiger partial charge < -0.3 is 15.0 Å².